The fourth-order valence-corrected chi connectivity index (χ4v) is 1.48. The van der Waals surface area contributed by atoms with Crippen molar-refractivity contribution in [2.75, 3.05) is 7.11 Å². The maximum absolute atomic E-state index is 11.2. The molecule has 2 N–H and O–H groups in total. The number of carbonyl (C=O) groups is 2. The molecule has 1 heterocycles. The number of oxazole rings is 1. The monoisotopic (exact) mass is 234 g/mol. The second kappa shape index (κ2) is 4.25. The third kappa shape index (κ3) is 2.10. The molecule has 2 rings (SSSR count). The van der Waals surface area contributed by atoms with Crippen LogP contribution in [0.3, 0.4) is 0 Å². The Bertz CT molecular complexity index is 588. The normalized spacial score (nSPS) is 10.4. The number of fused-ring (bicyclic) bond motifs is 1. The Morgan fingerprint density at radius 2 is 2.24 bits per heavy atom. The molecule has 0 saturated carbocycles. The molecule has 88 valence electrons. The summed E-state index contributed by atoms with van der Waals surface area (Å²) in [6.07, 6.45) is 0.0680. The fourth-order valence-electron chi connectivity index (χ4n) is 1.48. The number of esters is 1. The number of nitrogens with two attached hydrogens (primary N) is 1. The topological polar surface area (TPSA) is 95.4 Å². The van der Waals surface area contributed by atoms with Gasteiger partial charge < -0.3 is 14.9 Å². The van der Waals surface area contributed by atoms with Crippen molar-refractivity contribution in [2.45, 2.75) is 6.42 Å². The van der Waals surface area contributed by atoms with E-state index in [0.717, 1.165) is 0 Å². The van der Waals surface area contributed by atoms with Gasteiger partial charge in [0.15, 0.2) is 5.58 Å². The number of primary amides is 1. The van der Waals surface area contributed by atoms with Gasteiger partial charge in [0, 0.05) is 0 Å². The van der Waals surface area contributed by atoms with Crippen molar-refractivity contribution in [1.29, 1.82) is 0 Å². The number of aromatic nitrogens is 1. The molecular weight excluding hydrogens is 224 g/mol. The Labute approximate surface area is 96.4 Å². The van der Waals surface area contributed by atoms with Gasteiger partial charge in [-0.15, -0.1) is 0 Å². The zero-order valence-corrected chi connectivity index (χ0v) is 9.10. The highest BCUT2D eigenvalue weighted by molar-refractivity contribution is 5.92. The van der Waals surface area contributed by atoms with E-state index in [2.05, 4.69) is 9.72 Å². The van der Waals surface area contributed by atoms with Gasteiger partial charge in [-0.1, -0.05) is 12.1 Å². The molecule has 1 amide bonds. The fraction of sp³-hybridized carbons (Fsp3) is 0.182. The van der Waals surface area contributed by atoms with E-state index in [1.807, 2.05) is 0 Å². The Balaban J connectivity index is 2.49. The minimum Gasteiger partial charge on any atom is -0.469 e. The largest absolute Gasteiger partial charge is 0.469 e. The third-order valence-corrected chi connectivity index (χ3v) is 2.28. The van der Waals surface area contributed by atoms with Gasteiger partial charge in [-0.3, -0.25) is 9.59 Å². The van der Waals surface area contributed by atoms with Gasteiger partial charge in [0.2, 0.25) is 0 Å². The Morgan fingerprint density at radius 1 is 1.47 bits per heavy atom. The summed E-state index contributed by atoms with van der Waals surface area (Å²) in [4.78, 5) is 26.1. The van der Waals surface area contributed by atoms with E-state index >= 15 is 0 Å². The number of methoxy groups -OCH3 is 1. The van der Waals surface area contributed by atoms with Crippen LogP contribution in [0.15, 0.2) is 22.6 Å². The molecule has 2 aromatic rings. The molecule has 6 heteroatoms. The number of amides is 1. The summed E-state index contributed by atoms with van der Waals surface area (Å²) in [6, 6.07) is 5.07. The van der Waals surface area contributed by atoms with Crippen LogP contribution in [-0.4, -0.2) is 24.0 Å². The molecule has 1 aromatic heterocycles. The Kier molecular flexibility index (Phi) is 2.78. The summed E-state index contributed by atoms with van der Waals surface area (Å²) in [5.41, 5.74) is 6.57. The van der Waals surface area contributed by atoms with Crippen LogP contribution < -0.4 is 5.73 Å². The minimum atomic E-state index is -0.745. The maximum Gasteiger partial charge on any atom is 0.310 e. The average Bonchev–Trinajstić information content (AvgIpc) is 2.74. The number of para-hydroxylation sites is 1. The number of carbonyl (C=O) groups excluding carboxylic acids is 2. The average molecular weight is 234 g/mol. The molecule has 6 nitrogen and oxygen atoms in total. The zero-order chi connectivity index (χ0) is 12.4. The van der Waals surface area contributed by atoms with Crippen molar-refractivity contribution in [2.24, 2.45) is 5.73 Å². The SMILES string of the molecule is COC(=O)Cc1cccc2oc(C(N)=O)nc12. The lowest BCUT2D eigenvalue weighted by atomic mass is 10.1. The minimum absolute atomic E-state index is 0.0680. The number of rotatable bonds is 3. The summed E-state index contributed by atoms with van der Waals surface area (Å²) >= 11 is 0. The highest BCUT2D eigenvalue weighted by Gasteiger charge is 2.15. The zero-order valence-electron chi connectivity index (χ0n) is 9.10. The number of ether oxygens (including phenoxy) is 1. The maximum atomic E-state index is 11.2. The van der Waals surface area contributed by atoms with E-state index in [1.165, 1.54) is 7.11 Å². The second-order valence-corrected chi connectivity index (χ2v) is 3.40. The van der Waals surface area contributed by atoms with E-state index in [1.54, 1.807) is 18.2 Å². The van der Waals surface area contributed by atoms with Crippen molar-refractivity contribution in [3.05, 3.63) is 29.7 Å². The first-order chi connectivity index (χ1) is 8.11. The van der Waals surface area contributed by atoms with Crippen molar-refractivity contribution in [3.8, 4) is 0 Å². The molecule has 0 aliphatic carbocycles. The Morgan fingerprint density at radius 3 is 2.88 bits per heavy atom. The van der Waals surface area contributed by atoms with Crippen LogP contribution in [0.4, 0.5) is 0 Å². The van der Waals surface area contributed by atoms with Crippen molar-refractivity contribution in [1.82, 2.24) is 4.98 Å². The van der Waals surface area contributed by atoms with Crippen LogP contribution in [0.1, 0.15) is 16.2 Å². The number of hydrogen-bond donors (Lipinski definition) is 1. The lowest BCUT2D eigenvalue weighted by Crippen LogP contribution is -2.11. The molecule has 0 unspecified atom stereocenters. The number of nitrogens with zero attached hydrogens (tertiary/aromatic N) is 1. The van der Waals surface area contributed by atoms with Crippen molar-refractivity contribution >= 4 is 23.0 Å². The van der Waals surface area contributed by atoms with E-state index in [-0.39, 0.29) is 18.3 Å². The smallest absolute Gasteiger partial charge is 0.310 e. The Hall–Kier alpha value is -2.37. The van der Waals surface area contributed by atoms with Crippen LogP contribution in [-0.2, 0) is 16.0 Å². The first-order valence-electron chi connectivity index (χ1n) is 4.87. The molecule has 0 bridgehead atoms. The van der Waals surface area contributed by atoms with Crippen molar-refractivity contribution < 1.29 is 18.7 Å². The highest BCUT2D eigenvalue weighted by Crippen LogP contribution is 2.20. The molecular formula is C11H10N2O4. The van der Waals surface area contributed by atoms with Crippen LogP contribution >= 0.6 is 0 Å². The summed E-state index contributed by atoms with van der Waals surface area (Å²) in [5.74, 6) is -1.30. The van der Waals surface area contributed by atoms with Gasteiger partial charge in [-0.05, 0) is 11.6 Å². The lowest BCUT2D eigenvalue weighted by molar-refractivity contribution is -0.139. The van der Waals surface area contributed by atoms with E-state index in [0.29, 0.717) is 16.7 Å². The molecule has 0 aliphatic heterocycles. The first kappa shape index (κ1) is 11.1. The lowest BCUT2D eigenvalue weighted by Gasteiger charge is -1.99. The van der Waals surface area contributed by atoms with Crippen LogP contribution in [0.25, 0.3) is 11.1 Å². The molecule has 17 heavy (non-hydrogen) atoms. The predicted molar refractivity (Wildman–Crippen MR) is 58.2 cm³/mol. The predicted octanol–water partition coefficient (Wildman–Crippen LogP) is 0.642. The molecule has 1 aromatic carbocycles. The molecule has 0 spiro atoms. The van der Waals surface area contributed by atoms with Gasteiger partial charge in [-0.25, -0.2) is 4.98 Å². The van der Waals surface area contributed by atoms with Crippen LogP contribution in [0, 0.1) is 0 Å². The molecule has 0 radical (unpaired) electrons. The van der Waals surface area contributed by atoms with Gasteiger partial charge in [0.25, 0.3) is 5.89 Å². The quantitative estimate of drug-likeness (QED) is 0.786. The molecule has 0 aliphatic rings. The second-order valence-electron chi connectivity index (χ2n) is 3.40. The van der Waals surface area contributed by atoms with E-state index < -0.39 is 5.91 Å². The van der Waals surface area contributed by atoms with Gasteiger partial charge in [-0.2, -0.15) is 0 Å². The van der Waals surface area contributed by atoms with E-state index in [4.69, 9.17) is 10.2 Å². The molecule has 0 atom stereocenters. The highest BCUT2D eigenvalue weighted by atomic mass is 16.5. The standard InChI is InChI=1S/C11H10N2O4/c1-16-8(14)5-6-3-2-4-7-9(6)13-11(17-7)10(12)15/h2-4H,5H2,1H3,(H2,12,15). The van der Waals surface area contributed by atoms with Gasteiger partial charge >= 0.3 is 11.9 Å². The number of hydrogen-bond acceptors (Lipinski definition) is 5. The van der Waals surface area contributed by atoms with Crippen molar-refractivity contribution in [3.63, 3.8) is 0 Å². The molecule has 0 fully saturated rings. The summed E-state index contributed by atoms with van der Waals surface area (Å²) < 4.78 is 9.72. The molecule has 0 saturated heterocycles. The van der Waals surface area contributed by atoms with Gasteiger partial charge in [0.05, 0.1) is 13.5 Å². The van der Waals surface area contributed by atoms with Crippen LogP contribution in [0.2, 0.25) is 0 Å². The van der Waals surface area contributed by atoms with Crippen LogP contribution in [0.5, 0.6) is 0 Å². The van der Waals surface area contributed by atoms with E-state index in [9.17, 15) is 9.59 Å². The summed E-state index contributed by atoms with van der Waals surface area (Å²) in [6.45, 7) is 0. The van der Waals surface area contributed by atoms with Gasteiger partial charge in [0.1, 0.15) is 5.52 Å². The summed E-state index contributed by atoms with van der Waals surface area (Å²) in [7, 11) is 1.31. The first-order valence-corrected chi connectivity index (χ1v) is 4.87. The third-order valence-electron chi connectivity index (χ3n) is 2.28. The number of benzene rings is 1. The summed E-state index contributed by atoms with van der Waals surface area (Å²) in [5, 5.41) is 0.